The Bertz CT molecular complexity index is 442. The van der Waals surface area contributed by atoms with Gasteiger partial charge in [-0.1, -0.05) is 37.1 Å². The van der Waals surface area contributed by atoms with Gasteiger partial charge in [0, 0.05) is 11.4 Å². The van der Waals surface area contributed by atoms with Crippen LogP contribution in [0, 0.1) is 0 Å². The highest BCUT2D eigenvalue weighted by Crippen LogP contribution is 2.10. The number of carbonyl (C=O) groups excluding carboxylic acids is 2. The largest absolute Gasteiger partial charge is 0.466 e. The molecule has 0 aliphatic carbocycles. The fraction of sp³-hybridized carbons (Fsp3) is 0.500. The van der Waals surface area contributed by atoms with Crippen LogP contribution in [0.5, 0.6) is 0 Å². The Morgan fingerprint density at radius 2 is 1.57 bits per heavy atom. The normalized spacial score (nSPS) is 10.2. The lowest BCUT2D eigenvalue weighted by atomic mass is 10.2. The first-order valence-electron chi connectivity index (χ1n) is 7.17. The number of carbonyl (C=O) groups is 2. The molecule has 21 heavy (non-hydrogen) atoms. The maximum absolute atomic E-state index is 11.5. The second-order valence-corrected chi connectivity index (χ2v) is 5.11. The lowest BCUT2D eigenvalue weighted by molar-refractivity contribution is -0.150. The van der Waals surface area contributed by atoms with Gasteiger partial charge >= 0.3 is 11.9 Å². The van der Waals surface area contributed by atoms with E-state index in [1.165, 1.54) is 0 Å². The molecule has 4 nitrogen and oxygen atoms in total. The van der Waals surface area contributed by atoms with Crippen molar-refractivity contribution in [2.75, 3.05) is 13.2 Å². The highest BCUT2D eigenvalue weighted by molar-refractivity contribution is 6.30. The highest BCUT2D eigenvalue weighted by Gasteiger charge is 2.09. The van der Waals surface area contributed by atoms with Crippen molar-refractivity contribution in [3.8, 4) is 0 Å². The summed E-state index contributed by atoms with van der Waals surface area (Å²) >= 11 is 5.78. The van der Waals surface area contributed by atoms with Gasteiger partial charge in [-0.25, -0.2) is 0 Å². The van der Waals surface area contributed by atoms with Gasteiger partial charge in [-0.2, -0.15) is 0 Å². The van der Waals surface area contributed by atoms with E-state index in [2.05, 4.69) is 0 Å². The summed E-state index contributed by atoms with van der Waals surface area (Å²) in [5.74, 6) is -0.727. The summed E-state index contributed by atoms with van der Waals surface area (Å²) in [5.41, 5.74) is 1.05. The van der Waals surface area contributed by atoms with E-state index in [9.17, 15) is 9.59 Å². The van der Waals surface area contributed by atoms with Crippen LogP contribution in [0.1, 0.15) is 38.2 Å². The van der Waals surface area contributed by atoms with Gasteiger partial charge in [0.1, 0.15) is 0 Å². The third-order valence-corrected chi connectivity index (χ3v) is 3.11. The van der Waals surface area contributed by atoms with Crippen LogP contribution in [0.15, 0.2) is 24.3 Å². The molecule has 1 aromatic carbocycles. The molecule has 0 atom stereocenters. The van der Waals surface area contributed by atoms with Crippen molar-refractivity contribution in [1.29, 1.82) is 0 Å². The zero-order valence-corrected chi connectivity index (χ0v) is 13.0. The van der Waals surface area contributed by atoms with Gasteiger partial charge in [-0.15, -0.1) is 0 Å². The standard InChI is InChI=1S/C16H21ClO4/c1-2-3-11-20-15(18)8-9-16(19)21-12-10-13-4-6-14(17)7-5-13/h4-7H,2-3,8-12H2,1H3. The van der Waals surface area contributed by atoms with Gasteiger partial charge in [0.05, 0.1) is 26.1 Å². The van der Waals surface area contributed by atoms with Crippen LogP contribution in [-0.4, -0.2) is 25.2 Å². The van der Waals surface area contributed by atoms with Crippen LogP contribution in [0.2, 0.25) is 5.02 Å². The molecule has 0 aromatic heterocycles. The Balaban J connectivity index is 2.11. The number of halogens is 1. The Hall–Kier alpha value is -1.55. The molecule has 116 valence electrons. The molecular weight excluding hydrogens is 292 g/mol. The van der Waals surface area contributed by atoms with Crippen molar-refractivity contribution in [3.05, 3.63) is 34.9 Å². The van der Waals surface area contributed by atoms with Crippen LogP contribution in [0.3, 0.4) is 0 Å². The molecule has 0 spiro atoms. The molecule has 5 heteroatoms. The van der Waals surface area contributed by atoms with Crippen LogP contribution < -0.4 is 0 Å². The van der Waals surface area contributed by atoms with Crippen LogP contribution in [0.4, 0.5) is 0 Å². The molecule has 0 bridgehead atoms. The van der Waals surface area contributed by atoms with Gasteiger partial charge in [0.25, 0.3) is 0 Å². The number of unbranched alkanes of at least 4 members (excludes halogenated alkanes) is 1. The molecule has 0 aliphatic heterocycles. The van der Waals surface area contributed by atoms with Gasteiger partial charge in [-0.05, 0) is 24.1 Å². The molecule has 0 radical (unpaired) electrons. The average Bonchev–Trinajstić information content (AvgIpc) is 2.47. The minimum absolute atomic E-state index is 0.0611. The number of hydrogen-bond acceptors (Lipinski definition) is 4. The van der Waals surface area contributed by atoms with E-state index in [1.54, 1.807) is 12.1 Å². The smallest absolute Gasteiger partial charge is 0.306 e. The number of rotatable bonds is 9. The molecular formula is C16H21ClO4. The second-order valence-electron chi connectivity index (χ2n) is 4.67. The Morgan fingerprint density at radius 1 is 1.00 bits per heavy atom. The maximum Gasteiger partial charge on any atom is 0.306 e. The topological polar surface area (TPSA) is 52.6 Å². The monoisotopic (exact) mass is 312 g/mol. The first-order chi connectivity index (χ1) is 10.1. The van der Waals surface area contributed by atoms with Crippen molar-refractivity contribution in [1.82, 2.24) is 0 Å². The lowest BCUT2D eigenvalue weighted by Gasteiger charge is -2.06. The van der Waals surface area contributed by atoms with Crippen molar-refractivity contribution in [2.45, 2.75) is 39.0 Å². The van der Waals surface area contributed by atoms with E-state index < -0.39 is 0 Å². The molecule has 0 aliphatic rings. The second kappa shape index (κ2) is 10.2. The fourth-order valence-electron chi connectivity index (χ4n) is 1.61. The molecule has 0 saturated heterocycles. The minimum Gasteiger partial charge on any atom is -0.466 e. The molecule has 1 rings (SSSR count). The predicted molar refractivity (Wildman–Crippen MR) is 81.2 cm³/mol. The SMILES string of the molecule is CCCCOC(=O)CCC(=O)OCCc1ccc(Cl)cc1. The predicted octanol–water partition coefficient (Wildman–Crippen LogP) is 3.55. The van der Waals surface area contributed by atoms with E-state index in [-0.39, 0.29) is 24.8 Å². The summed E-state index contributed by atoms with van der Waals surface area (Å²) < 4.78 is 10.0. The number of ether oxygens (including phenoxy) is 2. The summed E-state index contributed by atoms with van der Waals surface area (Å²) in [4.78, 5) is 22.8. The van der Waals surface area contributed by atoms with E-state index in [0.717, 1.165) is 18.4 Å². The maximum atomic E-state index is 11.5. The zero-order chi connectivity index (χ0) is 15.5. The summed E-state index contributed by atoms with van der Waals surface area (Å²) in [5, 5.41) is 0.678. The van der Waals surface area contributed by atoms with Crippen LogP contribution >= 0.6 is 11.6 Å². The minimum atomic E-state index is -0.378. The molecule has 0 saturated carbocycles. The molecule has 0 heterocycles. The number of esters is 2. The van der Waals surface area contributed by atoms with Gasteiger partial charge < -0.3 is 9.47 Å². The summed E-state index contributed by atoms with van der Waals surface area (Å²) in [7, 11) is 0. The van der Waals surface area contributed by atoms with Crippen LogP contribution in [-0.2, 0) is 25.5 Å². The van der Waals surface area contributed by atoms with Crippen LogP contribution in [0.25, 0.3) is 0 Å². The van der Waals surface area contributed by atoms with Crippen molar-refractivity contribution in [2.24, 2.45) is 0 Å². The number of benzene rings is 1. The third kappa shape index (κ3) is 8.35. The third-order valence-electron chi connectivity index (χ3n) is 2.86. The Morgan fingerprint density at radius 3 is 2.14 bits per heavy atom. The van der Waals surface area contributed by atoms with Crippen molar-refractivity contribution < 1.29 is 19.1 Å². The van der Waals surface area contributed by atoms with Gasteiger partial charge in [-0.3, -0.25) is 9.59 Å². The van der Waals surface area contributed by atoms with E-state index in [1.807, 2.05) is 19.1 Å². The van der Waals surface area contributed by atoms with E-state index in [0.29, 0.717) is 24.7 Å². The van der Waals surface area contributed by atoms with Crippen molar-refractivity contribution >= 4 is 23.5 Å². The number of hydrogen-bond donors (Lipinski definition) is 0. The highest BCUT2D eigenvalue weighted by atomic mass is 35.5. The van der Waals surface area contributed by atoms with Gasteiger partial charge in [0.15, 0.2) is 0 Å². The Labute approximate surface area is 130 Å². The van der Waals surface area contributed by atoms with Crippen molar-refractivity contribution in [3.63, 3.8) is 0 Å². The molecule has 0 N–H and O–H groups in total. The fourth-order valence-corrected chi connectivity index (χ4v) is 1.74. The zero-order valence-electron chi connectivity index (χ0n) is 12.3. The Kier molecular flexibility index (Phi) is 8.51. The molecule has 0 unspecified atom stereocenters. The quantitative estimate of drug-likeness (QED) is 0.517. The summed E-state index contributed by atoms with van der Waals surface area (Å²) in [6, 6.07) is 7.37. The summed E-state index contributed by atoms with van der Waals surface area (Å²) in [6.45, 7) is 2.73. The molecule has 0 fully saturated rings. The van der Waals surface area contributed by atoms with E-state index >= 15 is 0 Å². The molecule has 0 amide bonds. The first-order valence-corrected chi connectivity index (χ1v) is 7.55. The van der Waals surface area contributed by atoms with Gasteiger partial charge in [0.2, 0.25) is 0 Å². The van der Waals surface area contributed by atoms with E-state index in [4.69, 9.17) is 21.1 Å². The average molecular weight is 313 g/mol. The first kappa shape index (κ1) is 17.5. The molecule has 1 aromatic rings. The lowest BCUT2D eigenvalue weighted by Crippen LogP contribution is -2.12. The summed E-state index contributed by atoms with van der Waals surface area (Å²) in [6.07, 6.45) is 2.58.